The summed E-state index contributed by atoms with van der Waals surface area (Å²) >= 11 is 0. The molecule has 1 saturated carbocycles. The van der Waals surface area contributed by atoms with Gasteiger partial charge in [-0.3, -0.25) is 4.90 Å². The fourth-order valence-electron chi connectivity index (χ4n) is 4.04. The molecule has 2 rings (SSSR count). The van der Waals surface area contributed by atoms with Crippen molar-refractivity contribution in [1.29, 1.82) is 0 Å². The highest BCUT2D eigenvalue weighted by Gasteiger charge is 2.40. The highest BCUT2D eigenvalue weighted by atomic mass is 16.4. The van der Waals surface area contributed by atoms with Crippen LogP contribution in [0.15, 0.2) is 0 Å². The van der Waals surface area contributed by atoms with E-state index in [-0.39, 0.29) is 13.2 Å². The van der Waals surface area contributed by atoms with Crippen LogP contribution in [0, 0.1) is 0 Å². The highest BCUT2D eigenvalue weighted by molar-refractivity contribution is 4.94. The molecule has 1 saturated heterocycles. The van der Waals surface area contributed by atoms with Crippen LogP contribution in [0.5, 0.6) is 0 Å². The summed E-state index contributed by atoms with van der Waals surface area (Å²) in [6.07, 6.45) is 5.73. The first kappa shape index (κ1) is 19.1. The zero-order valence-corrected chi connectivity index (χ0v) is 14.0. The smallest absolute Gasteiger partial charge is 0.109 e. The van der Waals surface area contributed by atoms with Crippen molar-refractivity contribution in [3.63, 3.8) is 0 Å². The molecule has 23 heavy (non-hydrogen) atoms. The Morgan fingerprint density at radius 2 is 1.61 bits per heavy atom. The van der Waals surface area contributed by atoms with Crippen molar-refractivity contribution in [2.45, 2.75) is 87.7 Å². The van der Waals surface area contributed by atoms with Crippen molar-refractivity contribution in [1.82, 2.24) is 4.90 Å². The van der Waals surface area contributed by atoms with Crippen LogP contribution < -0.4 is 0 Å². The van der Waals surface area contributed by atoms with E-state index in [0.717, 1.165) is 51.4 Å². The van der Waals surface area contributed by atoms with E-state index >= 15 is 0 Å². The Morgan fingerprint density at radius 1 is 0.913 bits per heavy atom. The third-order valence-corrected chi connectivity index (χ3v) is 5.59. The molecule has 0 radical (unpaired) electrons. The van der Waals surface area contributed by atoms with Gasteiger partial charge in [0, 0.05) is 6.54 Å². The molecule has 1 heterocycles. The van der Waals surface area contributed by atoms with E-state index in [4.69, 9.17) is 0 Å². The average Bonchev–Trinajstić information content (AvgIpc) is 2.53. The van der Waals surface area contributed by atoms with Gasteiger partial charge in [0.15, 0.2) is 0 Å². The topological polar surface area (TPSA) is 104 Å². The molecule has 1 aliphatic carbocycles. The van der Waals surface area contributed by atoms with Gasteiger partial charge in [0.25, 0.3) is 0 Å². The van der Waals surface area contributed by atoms with Gasteiger partial charge in [0.05, 0.1) is 24.4 Å². The predicted molar refractivity (Wildman–Crippen MR) is 87.0 cm³/mol. The summed E-state index contributed by atoms with van der Waals surface area (Å²) in [6, 6.07) is -0.518. The second-order valence-corrected chi connectivity index (χ2v) is 7.39. The van der Waals surface area contributed by atoms with Crippen molar-refractivity contribution in [3.8, 4) is 0 Å². The average molecular weight is 331 g/mol. The lowest BCUT2D eigenvalue weighted by molar-refractivity contribution is -0.145. The zero-order chi connectivity index (χ0) is 16.9. The lowest BCUT2D eigenvalue weighted by Gasteiger charge is -2.43. The summed E-state index contributed by atoms with van der Waals surface area (Å²) in [5.74, 6) is 0. The molecule has 2 aliphatic rings. The van der Waals surface area contributed by atoms with Crippen LogP contribution in [0.25, 0.3) is 0 Å². The van der Waals surface area contributed by atoms with E-state index in [0.29, 0.717) is 6.54 Å². The summed E-state index contributed by atoms with van der Waals surface area (Å²) in [4.78, 5) is 1.86. The van der Waals surface area contributed by atoms with E-state index in [9.17, 15) is 25.5 Å². The van der Waals surface area contributed by atoms with Gasteiger partial charge >= 0.3 is 0 Å². The number of β-amino-alcohol motifs (C(OH)–C–C–N with tert-alkyl or cyclic N) is 1. The normalized spacial score (nSPS) is 35.3. The maximum absolute atomic E-state index is 10.5. The molecule has 6 nitrogen and oxygen atoms in total. The van der Waals surface area contributed by atoms with Gasteiger partial charge in [0.2, 0.25) is 0 Å². The van der Waals surface area contributed by atoms with Crippen molar-refractivity contribution in [2.24, 2.45) is 0 Å². The minimum absolute atomic E-state index is 0.231. The third-order valence-electron chi connectivity index (χ3n) is 5.59. The van der Waals surface area contributed by atoms with E-state index in [1.807, 2.05) is 4.90 Å². The predicted octanol–water partition coefficient (Wildman–Crippen LogP) is 0.00120. The molecule has 0 aromatic rings. The number of likely N-dealkylation sites (tertiary alicyclic amines) is 1. The molecule has 0 amide bonds. The number of aliphatic hydroxyl groups is 5. The Bertz CT molecular complexity index is 348. The van der Waals surface area contributed by atoms with Crippen LogP contribution in [0.3, 0.4) is 0 Å². The van der Waals surface area contributed by atoms with Gasteiger partial charge in [-0.25, -0.2) is 0 Å². The van der Waals surface area contributed by atoms with E-state index in [2.05, 4.69) is 0 Å². The summed E-state index contributed by atoms with van der Waals surface area (Å²) in [7, 11) is 0. The molecule has 2 fully saturated rings. The first-order valence-electron chi connectivity index (χ1n) is 9.08. The van der Waals surface area contributed by atoms with Gasteiger partial charge in [0.1, 0.15) is 12.2 Å². The maximum Gasteiger partial charge on any atom is 0.109 e. The second kappa shape index (κ2) is 8.74. The Hall–Kier alpha value is -0.240. The largest absolute Gasteiger partial charge is 0.395 e. The highest BCUT2D eigenvalue weighted by Crippen LogP contribution is 2.32. The molecular formula is C17H33NO5. The first-order chi connectivity index (χ1) is 11.0. The Labute approximate surface area is 138 Å². The van der Waals surface area contributed by atoms with Crippen molar-refractivity contribution >= 4 is 0 Å². The number of piperidine rings is 1. The number of nitrogens with zero attached hydrogens (tertiary/aromatic N) is 1. The van der Waals surface area contributed by atoms with Gasteiger partial charge in [-0.2, -0.15) is 0 Å². The van der Waals surface area contributed by atoms with E-state index in [1.54, 1.807) is 0 Å². The molecule has 0 aromatic carbocycles. The van der Waals surface area contributed by atoms with Gasteiger partial charge in [-0.1, -0.05) is 32.1 Å². The molecule has 0 spiro atoms. The Morgan fingerprint density at radius 3 is 2.26 bits per heavy atom. The minimum atomic E-state index is -1.19. The third kappa shape index (κ3) is 5.11. The van der Waals surface area contributed by atoms with Crippen LogP contribution in [0.2, 0.25) is 0 Å². The maximum atomic E-state index is 10.5. The molecule has 1 aliphatic heterocycles. The van der Waals surface area contributed by atoms with Crippen molar-refractivity contribution in [2.75, 3.05) is 19.7 Å². The SMILES string of the molecule is OC[C@@H]1[C@@H](O)[C@H](O)[C@@H](O)CN1CCCCCC1(O)CCCCC1. The Balaban J connectivity index is 1.68. The molecular weight excluding hydrogens is 298 g/mol. The molecule has 4 atom stereocenters. The standard InChI is InChI=1S/C17H33NO5/c19-12-13-15(21)16(22)14(20)11-18(13)10-6-2-5-9-17(23)7-3-1-4-8-17/h13-16,19-23H,1-12H2/t13-,14+,15-,16-/m1/s1. The first-order valence-corrected chi connectivity index (χ1v) is 9.08. The van der Waals surface area contributed by atoms with Gasteiger partial charge < -0.3 is 25.5 Å². The van der Waals surface area contributed by atoms with E-state index in [1.165, 1.54) is 6.42 Å². The molecule has 136 valence electrons. The van der Waals surface area contributed by atoms with Crippen LogP contribution in [0.1, 0.15) is 57.8 Å². The molecule has 6 heteroatoms. The van der Waals surface area contributed by atoms with Gasteiger partial charge in [-0.15, -0.1) is 0 Å². The fraction of sp³-hybridized carbons (Fsp3) is 1.00. The molecule has 0 bridgehead atoms. The lowest BCUT2D eigenvalue weighted by atomic mass is 9.81. The molecule has 0 unspecified atom stereocenters. The number of hydrogen-bond acceptors (Lipinski definition) is 6. The number of hydrogen-bond donors (Lipinski definition) is 5. The van der Waals surface area contributed by atoms with Crippen molar-refractivity contribution in [3.05, 3.63) is 0 Å². The number of unbranched alkanes of at least 4 members (excludes halogenated alkanes) is 2. The van der Waals surface area contributed by atoms with Crippen LogP contribution in [-0.2, 0) is 0 Å². The second-order valence-electron chi connectivity index (χ2n) is 7.39. The molecule has 5 N–H and O–H groups in total. The minimum Gasteiger partial charge on any atom is -0.395 e. The number of rotatable bonds is 7. The summed E-state index contributed by atoms with van der Waals surface area (Å²) in [5, 5.41) is 49.3. The zero-order valence-electron chi connectivity index (χ0n) is 14.0. The van der Waals surface area contributed by atoms with E-state index < -0.39 is 30.0 Å². The van der Waals surface area contributed by atoms with Gasteiger partial charge in [-0.05, 0) is 32.2 Å². The summed E-state index contributed by atoms with van der Waals surface area (Å²) in [5.41, 5.74) is -0.465. The monoisotopic (exact) mass is 331 g/mol. The number of aliphatic hydroxyl groups excluding tert-OH is 4. The fourth-order valence-corrected chi connectivity index (χ4v) is 4.04. The van der Waals surface area contributed by atoms with Crippen LogP contribution >= 0.6 is 0 Å². The van der Waals surface area contributed by atoms with Crippen molar-refractivity contribution < 1.29 is 25.5 Å². The lowest BCUT2D eigenvalue weighted by Crippen LogP contribution is -2.62. The summed E-state index contributed by atoms with van der Waals surface area (Å²) in [6.45, 7) is 0.711. The quantitative estimate of drug-likeness (QED) is 0.421. The van der Waals surface area contributed by atoms with Crippen LogP contribution in [0.4, 0.5) is 0 Å². The summed E-state index contributed by atoms with van der Waals surface area (Å²) < 4.78 is 0. The molecule has 0 aromatic heterocycles. The Kier molecular flexibility index (Phi) is 7.25. The van der Waals surface area contributed by atoms with Crippen LogP contribution in [-0.4, -0.2) is 80.1 Å².